The number of ether oxygens (including phenoxy) is 4. The standard InChI is InChI=1S/C39H49ClN4O6/c1-6-22-50-23-21-44-33-10-8-7-9-32(33)41-38(44)36(45)28-15-18-43(19-16-28)20-17-29(27-11-13-31(40)14-12-27)26-42(2)39(46)30-24-34(47-3)37(49-5)35(25-30)48-4/h7-14,24-25,28-29H,6,15-23,26H2,1-5H3. The maximum absolute atomic E-state index is 13.9. The molecule has 1 atom stereocenters. The van der Waals surface area contributed by atoms with Crippen LogP contribution in [-0.2, 0) is 11.3 Å². The molecule has 0 aliphatic carbocycles. The zero-order chi connectivity index (χ0) is 35.6. The van der Waals surface area contributed by atoms with Gasteiger partial charge in [-0.1, -0.05) is 42.8 Å². The summed E-state index contributed by atoms with van der Waals surface area (Å²) < 4.78 is 24.2. The molecular formula is C39H49ClN4O6. The number of nitrogens with zero attached hydrogens (tertiary/aromatic N) is 4. The largest absolute Gasteiger partial charge is 0.493 e. The Morgan fingerprint density at radius 2 is 1.62 bits per heavy atom. The fourth-order valence-electron chi connectivity index (χ4n) is 6.77. The van der Waals surface area contributed by atoms with Gasteiger partial charge < -0.3 is 33.3 Å². The second-order valence-electron chi connectivity index (χ2n) is 12.8. The van der Waals surface area contributed by atoms with Gasteiger partial charge in [0.1, 0.15) is 0 Å². The van der Waals surface area contributed by atoms with Crippen LogP contribution in [0.5, 0.6) is 17.2 Å². The lowest BCUT2D eigenvalue weighted by Gasteiger charge is -2.33. The zero-order valence-electron chi connectivity index (χ0n) is 29.8. The Hall–Kier alpha value is -4.12. The molecule has 0 N–H and O–H groups in total. The number of methoxy groups -OCH3 is 3. The summed E-state index contributed by atoms with van der Waals surface area (Å²) in [5.41, 5.74) is 3.37. The number of imidazole rings is 1. The molecule has 2 heterocycles. The molecule has 10 nitrogen and oxygen atoms in total. The Morgan fingerprint density at radius 3 is 2.26 bits per heavy atom. The normalized spacial score (nSPS) is 14.4. The third-order valence-corrected chi connectivity index (χ3v) is 9.78. The van der Waals surface area contributed by atoms with Gasteiger partial charge in [0.15, 0.2) is 17.3 Å². The zero-order valence-corrected chi connectivity index (χ0v) is 30.6. The summed E-state index contributed by atoms with van der Waals surface area (Å²) in [4.78, 5) is 36.5. The van der Waals surface area contributed by atoms with Gasteiger partial charge in [0.05, 0.1) is 39.0 Å². The summed E-state index contributed by atoms with van der Waals surface area (Å²) in [6.45, 7) is 6.93. The van der Waals surface area contributed by atoms with Crippen molar-refractivity contribution < 1.29 is 28.5 Å². The molecule has 0 radical (unpaired) electrons. The van der Waals surface area contributed by atoms with Crippen LogP contribution in [-0.4, -0.2) is 98.8 Å². The van der Waals surface area contributed by atoms with Crippen LogP contribution >= 0.6 is 11.6 Å². The number of halogens is 1. The number of hydrogen-bond acceptors (Lipinski definition) is 8. The first kappa shape index (κ1) is 37.1. The average molecular weight is 705 g/mol. The minimum atomic E-state index is -0.148. The number of piperidine rings is 1. The van der Waals surface area contributed by atoms with E-state index >= 15 is 0 Å². The fourth-order valence-corrected chi connectivity index (χ4v) is 6.89. The van der Waals surface area contributed by atoms with E-state index < -0.39 is 0 Å². The van der Waals surface area contributed by atoms with Gasteiger partial charge in [0.2, 0.25) is 11.5 Å². The number of likely N-dealkylation sites (N-methyl/N-ethyl adjacent to an activating group) is 1. The Bertz CT molecular complexity index is 1710. The van der Waals surface area contributed by atoms with Crippen molar-refractivity contribution in [2.24, 2.45) is 5.92 Å². The molecule has 0 spiro atoms. The van der Waals surface area contributed by atoms with Gasteiger partial charge in [-0.3, -0.25) is 9.59 Å². The molecule has 1 unspecified atom stereocenters. The molecule has 1 aromatic heterocycles. The highest BCUT2D eigenvalue weighted by molar-refractivity contribution is 6.30. The fraction of sp³-hybridized carbons (Fsp3) is 0.462. The van der Waals surface area contributed by atoms with Crippen molar-refractivity contribution in [3.63, 3.8) is 0 Å². The van der Waals surface area contributed by atoms with Crippen LogP contribution in [0.1, 0.15) is 65.1 Å². The quantitative estimate of drug-likeness (QED) is 0.0859. The van der Waals surface area contributed by atoms with Crippen LogP contribution in [0.4, 0.5) is 0 Å². The van der Waals surface area contributed by atoms with E-state index in [0.717, 1.165) is 61.9 Å². The average Bonchev–Trinajstić information content (AvgIpc) is 3.52. The van der Waals surface area contributed by atoms with Gasteiger partial charge in [0.25, 0.3) is 5.91 Å². The van der Waals surface area contributed by atoms with Crippen molar-refractivity contribution in [2.75, 3.05) is 67.8 Å². The SMILES string of the molecule is CCCOCCn1c(C(=O)C2CCN(CCC(CN(C)C(=O)c3cc(OC)c(OC)c(OC)c3)c3ccc(Cl)cc3)CC2)nc2ccccc21. The lowest BCUT2D eigenvalue weighted by atomic mass is 9.90. The third kappa shape index (κ3) is 8.78. The number of likely N-dealkylation sites (tertiary alicyclic amines) is 1. The molecule has 3 aromatic carbocycles. The van der Waals surface area contributed by atoms with E-state index in [-0.39, 0.29) is 23.5 Å². The summed E-state index contributed by atoms with van der Waals surface area (Å²) in [6, 6.07) is 19.1. The van der Waals surface area contributed by atoms with E-state index in [1.165, 1.54) is 21.3 Å². The van der Waals surface area contributed by atoms with Crippen LogP contribution in [0.25, 0.3) is 11.0 Å². The number of carbonyl (C=O) groups is 2. The number of hydrogen-bond donors (Lipinski definition) is 0. The first-order chi connectivity index (χ1) is 24.3. The van der Waals surface area contributed by atoms with Gasteiger partial charge >= 0.3 is 0 Å². The van der Waals surface area contributed by atoms with Crippen molar-refractivity contribution in [1.82, 2.24) is 19.4 Å². The second-order valence-corrected chi connectivity index (χ2v) is 13.2. The summed E-state index contributed by atoms with van der Waals surface area (Å²) in [5, 5.41) is 0.670. The smallest absolute Gasteiger partial charge is 0.253 e. The van der Waals surface area contributed by atoms with Crippen LogP contribution in [0, 0.1) is 5.92 Å². The minimum Gasteiger partial charge on any atom is -0.493 e. The van der Waals surface area contributed by atoms with Crippen LogP contribution < -0.4 is 14.2 Å². The summed E-state index contributed by atoms with van der Waals surface area (Å²) in [7, 11) is 6.42. The Kier molecular flexibility index (Phi) is 13.1. The molecular weight excluding hydrogens is 656 g/mol. The molecule has 1 aliphatic heterocycles. The van der Waals surface area contributed by atoms with E-state index in [1.54, 1.807) is 17.0 Å². The van der Waals surface area contributed by atoms with Gasteiger partial charge in [-0.05, 0) is 87.3 Å². The lowest BCUT2D eigenvalue weighted by molar-refractivity contribution is 0.0778. The molecule has 1 saturated heterocycles. The Labute approximate surface area is 300 Å². The van der Waals surface area contributed by atoms with Crippen molar-refractivity contribution in [3.8, 4) is 17.2 Å². The number of ketones is 1. The van der Waals surface area contributed by atoms with E-state index in [0.29, 0.717) is 60.0 Å². The predicted molar refractivity (Wildman–Crippen MR) is 196 cm³/mol. The molecule has 1 amide bonds. The third-order valence-electron chi connectivity index (χ3n) is 9.53. The van der Waals surface area contributed by atoms with Gasteiger partial charge in [0, 0.05) is 49.2 Å². The van der Waals surface area contributed by atoms with E-state index in [4.69, 9.17) is 35.5 Å². The van der Waals surface area contributed by atoms with Crippen molar-refractivity contribution >= 4 is 34.3 Å². The highest BCUT2D eigenvalue weighted by Gasteiger charge is 2.30. The Morgan fingerprint density at radius 1 is 0.940 bits per heavy atom. The van der Waals surface area contributed by atoms with Crippen molar-refractivity contribution in [3.05, 3.63) is 82.6 Å². The number of carbonyl (C=O) groups excluding carboxylic acids is 2. The molecule has 1 aliphatic rings. The van der Waals surface area contributed by atoms with Crippen molar-refractivity contribution in [1.29, 1.82) is 0 Å². The first-order valence-electron chi connectivity index (χ1n) is 17.4. The summed E-state index contributed by atoms with van der Waals surface area (Å²) >= 11 is 6.24. The monoisotopic (exact) mass is 704 g/mol. The predicted octanol–water partition coefficient (Wildman–Crippen LogP) is 6.98. The summed E-state index contributed by atoms with van der Waals surface area (Å²) in [5.74, 6) is 1.79. The van der Waals surface area contributed by atoms with Gasteiger partial charge in [-0.25, -0.2) is 4.98 Å². The number of fused-ring (bicyclic) bond motifs is 1. The van der Waals surface area contributed by atoms with Crippen LogP contribution in [0.2, 0.25) is 5.02 Å². The topological polar surface area (TPSA) is 95.4 Å². The second kappa shape index (κ2) is 17.7. The van der Waals surface area contributed by atoms with E-state index in [9.17, 15) is 9.59 Å². The van der Waals surface area contributed by atoms with Crippen molar-refractivity contribution in [2.45, 2.75) is 45.1 Å². The molecule has 0 bridgehead atoms. The highest BCUT2D eigenvalue weighted by atomic mass is 35.5. The minimum absolute atomic E-state index is 0.0671. The molecule has 4 aromatic rings. The molecule has 5 rings (SSSR count). The lowest BCUT2D eigenvalue weighted by Crippen LogP contribution is -2.39. The molecule has 1 fully saturated rings. The van der Waals surface area contributed by atoms with E-state index in [2.05, 4.69) is 11.8 Å². The van der Waals surface area contributed by atoms with Gasteiger partial charge in [-0.15, -0.1) is 0 Å². The Balaban J connectivity index is 1.23. The number of benzene rings is 3. The molecule has 50 heavy (non-hydrogen) atoms. The molecule has 0 saturated carbocycles. The highest BCUT2D eigenvalue weighted by Crippen LogP contribution is 2.38. The number of amides is 1. The molecule has 268 valence electrons. The van der Waals surface area contributed by atoms with Crippen LogP contribution in [0.3, 0.4) is 0 Å². The van der Waals surface area contributed by atoms with E-state index in [1.807, 2.05) is 60.1 Å². The maximum atomic E-state index is 13.9. The number of Topliss-reactive ketones (excluding diaryl/α,β-unsaturated/α-hetero) is 1. The first-order valence-corrected chi connectivity index (χ1v) is 17.8. The molecule has 11 heteroatoms. The number of rotatable bonds is 17. The van der Waals surface area contributed by atoms with Crippen LogP contribution in [0.15, 0.2) is 60.7 Å². The van der Waals surface area contributed by atoms with Gasteiger partial charge in [-0.2, -0.15) is 0 Å². The number of aromatic nitrogens is 2. The summed E-state index contributed by atoms with van der Waals surface area (Å²) in [6.07, 6.45) is 3.35. The number of para-hydroxylation sites is 2. The maximum Gasteiger partial charge on any atom is 0.253 e.